The Morgan fingerprint density at radius 2 is 2.26 bits per heavy atom. The van der Waals surface area contributed by atoms with E-state index < -0.39 is 5.60 Å². The van der Waals surface area contributed by atoms with Gasteiger partial charge in [-0.3, -0.25) is 4.98 Å². The molecule has 0 amide bonds. The van der Waals surface area contributed by atoms with E-state index in [-0.39, 0.29) is 0 Å². The minimum absolute atomic E-state index is 0.584. The van der Waals surface area contributed by atoms with E-state index in [1.54, 1.807) is 12.4 Å². The third kappa shape index (κ3) is 3.93. The van der Waals surface area contributed by atoms with Crippen molar-refractivity contribution in [2.45, 2.75) is 63.9 Å². The van der Waals surface area contributed by atoms with Crippen molar-refractivity contribution in [3.63, 3.8) is 0 Å². The first-order valence-corrected chi connectivity index (χ1v) is 7.54. The minimum atomic E-state index is -0.584. The summed E-state index contributed by atoms with van der Waals surface area (Å²) in [6.07, 6.45) is 12.0. The lowest BCUT2D eigenvalue weighted by Crippen LogP contribution is -2.31. The van der Waals surface area contributed by atoms with Crippen LogP contribution in [-0.2, 0) is 6.42 Å². The zero-order chi connectivity index (χ0) is 13.7. The van der Waals surface area contributed by atoms with Crippen LogP contribution in [0.15, 0.2) is 18.5 Å². The van der Waals surface area contributed by atoms with Crippen molar-refractivity contribution >= 4 is 5.69 Å². The van der Waals surface area contributed by atoms with Crippen LogP contribution in [0.4, 0.5) is 5.69 Å². The Morgan fingerprint density at radius 1 is 1.42 bits per heavy atom. The second-order valence-corrected chi connectivity index (χ2v) is 6.06. The fraction of sp³-hybridized carbons (Fsp3) is 0.688. The van der Waals surface area contributed by atoms with E-state index in [1.165, 1.54) is 19.3 Å². The average molecular weight is 262 g/mol. The smallest absolute Gasteiger partial charge is 0.0689 e. The van der Waals surface area contributed by atoms with Gasteiger partial charge in [-0.2, -0.15) is 0 Å². The summed E-state index contributed by atoms with van der Waals surface area (Å²) in [5.41, 5.74) is 7.11. The highest BCUT2D eigenvalue weighted by atomic mass is 16.3. The summed E-state index contributed by atoms with van der Waals surface area (Å²) in [6, 6.07) is 1.81. The van der Waals surface area contributed by atoms with Gasteiger partial charge < -0.3 is 10.8 Å². The fourth-order valence-corrected chi connectivity index (χ4v) is 3.28. The second kappa shape index (κ2) is 6.38. The third-order valence-electron chi connectivity index (χ3n) is 4.43. The number of rotatable bonds is 4. The number of nitrogens with two attached hydrogens (primary N) is 1. The van der Waals surface area contributed by atoms with Crippen LogP contribution in [0, 0.1) is 5.92 Å². The van der Waals surface area contributed by atoms with Gasteiger partial charge in [-0.1, -0.05) is 32.6 Å². The largest absolute Gasteiger partial charge is 0.398 e. The van der Waals surface area contributed by atoms with Crippen molar-refractivity contribution in [2.75, 3.05) is 5.73 Å². The average Bonchev–Trinajstić information content (AvgIpc) is 2.56. The van der Waals surface area contributed by atoms with Gasteiger partial charge in [0.15, 0.2) is 0 Å². The summed E-state index contributed by atoms with van der Waals surface area (Å²) in [5.74, 6) is 0.797. The van der Waals surface area contributed by atoms with Gasteiger partial charge in [0.25, 0.3) is 0 Å². The predicted octanol–water partition coefficient (Wildman–Crippen LogP) is 3.32. The zero-order valence-corrected chi connectivity index (χ0v) is 11.9. The molecule has 1 aliphatic rings. The Bertz CT molecular complexity index is 407. The maximum atomic E-state index is 10.8. The molecule has 1 aromatic rings. The maximum Gasteiger partial charge on any atom is 0.0689 e. The van der Waals surface area contributed by atoms with Crippen molar-refractivity contribution in [3.05, 3.63) is 24.0 Å². The molecule has 3 nitrogen and oxygen atoms in total. The van der Waals surface area contributed by atoms with Gasteiger partial charge in [-0.05, 0) is 36.8 Å². The molecule has 1 heterocycles. The number of pyridine rings is 1. The van der Waals surface area contributed by atoms with Gasteiger partial charge in [-0.25, -0.2) is 0 Å². The topological polar surface area (TPSA) is 59.1 Å². The van der Waals surface area contributed by atoms with Gasteiger partial charge in [-0.15, -0.1) is 0 Å². The highest BCUT2D eigenvalue weighted by Gasteiger charge is 2.31. The number of hydrogen-bond acceptors (Lipinski definition) is 3. The van der Waals surface area contributed by atoms with E-state index in [0.717, 1.165) is 42.9 Å². The molecule has 0 bridgehead atoms. The van der Waals surface area contributed by atoms with Crippen LogP contribution in [0.2, 0.25) is 0 Å². The molecule has 1 aliphatic carbocycles. The molecule has 3 N–H and O–H groups in total. The lowest BCUT2D eigenvalue weighted by Gasteiger charge is -2.27. The van der Waals surface area contributed by atoms with Crippen LogP contribution in [0.1, 0.15) is 57.4 Å². The van der Waals surface area contributed by atoms with Crippen LogP contribution in [0.5, 0.6) is 0 Å². The fourth-order valence-electron chi connectivity index (χ4n) is 3.28. The standard InChI is InChI=1S/C16H26N2O/c1-2-4-13-5-3-8-16(19,9-6-13)11-14-12-18-10-7-15(14)17/h7,10,12-13,19H,2-6,8-9,11H2,1H3,(H2,17,18). The molecule has 1 saturated carbocycles. The van der Waals surface area contributed by atoms with E-state index in [1.807, 2.05) is 6.07 Å². The molecule has 2 atom stereocenters. The Kier molecular flexibility index (Phi) is 4.81. The summed E-state index contributed by atoms with van der Waals surface area (Å²) in [5, 5.41) is 10.8. The number of anilines is 1. The quantitative estimate of drug-likeness (QED) is 0.818. The molecule has 2 unspecified atom stereocenters. The van der Waals surface area contributed by atoms with Gasteiger partial charge >= 0.3 is 0 Å². The van der Waals surface area contributed by atoms with Gasteiger partial charge in [0, 0.05) is 24.5 Å². The summed E-state index contributed by atoms with van der Waals surface area (Å²) in [7, 11) is 0. The number of hydrogen-bond donors (Lipinski definition) is 2. The molecule has 19 heavy (non-hydrogen) atoms. The number of aliphatic hydroxyl groups is 1. The second-order valence-electron chi connectivity index (χ2n) is 6.06. The number of nitrogens with zero attached hydrogens (tertiary/aromatic N) is 1. The summed E-state index contributed by atoms with van der Waals surface area (Å²) >= 11 is 0. The highest BCUT2D eigenvalue weighted by molar-refractivity contribution is 5.45. The molecule has 2 rings (SSSR count). The van der Waals surface area contributed by atoms with Gasteiger partial charge in [0.05, 0.1) is 5.60 Å². The van der Waals surface area contributed by atoms with Crippen molar-refractivity contribution < 1.29 is 5.11 Å². The van der Waals surface area contributed by atoms with Crippen molar-refractivity contribution in [1.29, 1.82) is 0 Å². The molecule has 3 heteroatoms. The zero-order valence-electron chi connectivity index (χ0n) is 11.9. The predicted molar refractivity (Wildman–Crippen MR) is 78.8 cm³/mol. The summed E-state index contributed by atoms with van der Waals surface area (Å²) in [4.78, 5) is 4.12. The molecular weight excluding hydrogens is 236 g/mol. The molecule has 0 aromatic carbocycles. The Balaban J connectivity index is 2.01. The van der Waals surface area contributed by atoms with Crippen molar-refractivity contribution in [2.24, 2.45) is 5.92 Å². The third-order valence-corrected chi connectivity index (χ3v) is 4.43. The lowest BCUT2D eigenvalue weighted by atomic mass is 9.87. The van der Waals surface area contributed by atoms with E-state index in [2.05, 4.69) is 11.9 Å². The van der Waals surface area contributed by atoms with E-state index in [4.69, 9.17) is 5.73 Å². The Labute approximate surface area is 116 Å². The van der Waals surface area contributed by atoms with Crippen LogP contribution < -0.4 is 5.73 Å². The van der Waals surface area contributed by atoms with E-state index in [0.29, 0.717) is 6.42 Å². The first-order chi connectivity index (χ1) is 9.13. The molecule has 0 saturated heterocycles. The number of aromatic nitrogens is 1. The molecule has 1 aromatic heterocycles. The normalized spacial score (nSPS) is 28.0. The summed E-state index contributed by atoms with van der Waals surface area (Å²) in [6.45, 7) is 2.24. The van der Waals surface area contributed by atoms with Gasteiger partial charge in [0.2, 0.25) is 0 Å². The van der Waals surface area contributed by atoms with E-state index in [9.17, 15) is 5.11 Å². The molecular formula is C16H26N2O. The maximum absolute atomic E-state index is 10.8. The van der Waals surface area contributed by atoms with Crippen LogP contribution in [-0.4, -0.2) is 15.7 Å². The van der Waals surface area contributed by atoms with Crippen molar-refractivity contribution in [3.8, 4) is 0 Å². The minimum Gasteiger partial charge on any atom is -0.398 e. The first-order valence-electron chi connectivity index (χ1n) is 7.54. The monoisotopic (exact) mass is 262 g/mol. The molecule has 106 valence electrons. The van der Waals surface area contributed by atoms with Crippen LogP contribution in [0.25, 0.3) is 0 Å². The molecule has 1 fully saturated rings. The first kappa shape index (κ1) is 14.3. The Hall–Kier alpha value is -1.09. The molecule has 0 radical (unpaired) electrons. The SMILES string of the molecule is CCCC1CCCC(O)(Cc2cnccc2N)CC1. The van der Waals surface area contributed by atoms with Crippen LogP contribution in [0.3, 0.4) is 0 Å². The Morgan fingerprint density at radius 3 is 3.00 bits per heavy atom. The van der Waals surface area contributed by atoms with E-state index >= 15 is 0 Å². The van der Waals surface area contributed by atoms with Crippen molar-refractivity contribution in [1.82, 2.24) is 4.98 Å². The summed E-state index contributed by atoms with van der Waals surface area (Å²) < 4.78 is 0. The number of nitrogen functional groups attached to an aromatic ring is 1. The molecule has 0 aliphatic heterocycles. The highest BCUT2D eigenvalue weighted by Crippen LogP contribution is 2.35. The van der Waals surface area contributed by atoms with Crippen LogP contribution >= 0.6 is 0 Å². The van der Waals surface area contributed by atoms with Gasteiger partial charge in [0.1, 0.15) is 0 Å². The molecule has 0 spiro atoms. The lowest BCUT2D eigenvalue weighted by molar-refractivity contribution is 0.0242.